The zero-order valence-corrected chi connectivity index (χ0v) is 20.0. The van der Waals surface area contributed by atoms with E-state index in [1.807, 2.05) is 0 Å². The van der Waals surface area contributed by atoms with Gasteiger partial charge in [-0.3, -0.25) is 14.9 Å². The lowest BCUT2D eigenvalue weighted by Crippen LogP contribution is -2.37. The van der Waals surface area contributed by atoms with Crippen LogP contribution in [-0.4, -0.2) is 41.2 Å². The van der Waals surface area contributed by atoms with Gasteiger partial charge in [-0.2, -0.15) is 9.30 Å². The van der Waals surface area contributed by atoms with Gasteiger partial charge in [-0.25, -0.2) is 8.42 Å². The summed E-state index contributed by atoms with van der Waals surface area (Å²) in [6.45, 7) is 3.21. The maximum atomic E-state index is 12.9. The molecule has 1 aliphatic heterocycles. The summed E-state index contributed by atoms with van der Waals surface area (Å²) in [6, 6.07) is 10.1. The summed E-state index contributed by atoms with van der Waals surface area (Å²) < 4.78 is 29.5. The van der Waals surface area contributed by atoms with Gasteiger partial charge in [-0.1, -0.05) is 24.2 Å². The lowest BCUT2D eigenvalue weighted by molar-refractivity contribution is -0.384. The van der Waals surface area contributed by atoms with Crippen molar-refractivity contribution in [2.24, 2.45) is 10.9 Å². The Balaban J connectivity index is 1.64. The van der Waals surface area contributed by atoms with E-state index in [2.05, 4.69) is 17.8 Å². The van der Waals surface area contributed by atoms with E-state index in [0.717, 1.165) is 24.2 Å². The molecule has 9 nitrogen and oxygen atoms in total. The maximum Gasteiger partial charge on any atom is 0.279 e. The van der Waals surface area contributed by atoms with E-state index in [-0.39, 0.29) is 22.7 Å². The van der Waals surface area contributed by atoms with Gasteiger partial charge in [-0.05, 0) is 49.1 Å². The summed E-state index contributed by atoms with van der Waals surface area (Å²) in [5.74, 6) is 2.44. The standard InChI is InChI=1S/C23H22N4O5S2/c1-3-12-26-20-9-6-18(27(29)30)15-21(20)33-23(26)24-22(28)17-4-7-19(8-5-17)34(31,32)25-13-10-16(2)11-14-25/h1,4-9,15-16H,10-14H2,2H3. The van der Waals surface area contributed by atoms with Crippen molar-refractivity contribution in [1.82, 2.24) is 8.87 Å². The molecule has 34 heavy (non-hydrogen) atoms. The number of carbonyl (C=O) groups is 1. The normalized spacial score (nSPS) is 15.9. The average Bonchev–Trinajstić information content (AvgIpc) is 3.15. The van der Waals surface area contributed by atoms with Crippen molar-refractivity contribution in [3.05, 3.63) is 62.9 Å². The SMILES string of the molecule is C#CCn1c(=NC(=O)c2ccc(S(=O)(=O)N3CCC(C)CC3)cc2)sc2cc([N+](=O)[O-])ccc21. The second kappa shape index (κ2) is 9.50. The molecular formula is C23H22N4O5S2. The molecule has 2 aromatic carbocycles. The van der Waals surface area contributed by atoms with Gasteiger partial charge in [0.25, 0.3) is 11.6 Å². The van der Waals surface area contributed by atoms with Crippen LogP contribution in [0.25, 0.3) is 10.2 Å². The topological polar surface area (TPSA) is 115 Å². The Morgan fingerprint density at radius 3 is 2.53 bits per heavy atom. The molecule has 0 radical (unpaired) electrons. The van der Waals surface area contributed by atoms with Crippen LogP contribution >= 0.6 is 11.3 Å². The molecule has 0 unspecified atom stereocenters. The summed E-state index contributed by atoms with van der Waals surface area (Å²) in [7, 11) is -3.62. The van der Waals surface area contributed by atoms with Gasteiger partial charge in [0.15, 0.2) is 4.80 Å². The van der Waals surface area contributed by atoms with E-state index in [4.69, 9.17) is 6.42 Å². The van der Waals surface area contributed by atoms with Crippen molar-refractivity contribution in [2.45, 2.75) is 31.2 Å². The Morgan fingerprint density at radius 2 is 1.91 bits per heavy atom. The fourth-order valence-corrected chi connectivity index (χ4v) is 6.33. The quantitative estimate of drug-likeness (QED) is 0.304. The molecule has 3 aromatic rings. The molecule has 0 aliphatic carbocycles. The second-order valence-electron chi connectivity index (χ2n) is 8.11. The van der Waals surface area contributed by atoms with Crippen molar-refractivity contribution in [2.75, 3.05) is 13.1 Å². The van der Waals surface area contributed by atoms with Crippen LogP contribution in [0, 0.1) is 28.4 Å². The van der Waals surface area contributed by atoms with Gasteiger partial charge in [0, 0.05) is 30.8 Å². The number of fused-ring (bicyclic) bond motifs is 1. The molecule has 0 saturated carbocycles. The van der Waals surface area contributed by atoms with E-state index < -0.39 is 20.9 Å². The Bertz CT molecular complexity index is 1470. The summed E-state index contributed by atoms with van der Waals surface area (Å²) in [5.41, 5.74) is 0.791. The lowest BCUT2D eigenvalue weighted by Gasteiger charge is -2.29. The highest BCUT2D eigenvalue weighted by molar-refractivity contribution is 7.89. The van der Waals surface area contributed by atoms with Crippen molar-refractivity contribution in [3.8, 4) is 12.3 Å². The first-order chi connectivity index (χ1) is 16.2. The van der Waals surface area contributed by atoms with Gasteiger partial charge in [-0.15, -0.1) is 6.42 Å². The smallest absolute Gasteiger partial charge is 0.279 e. The van der Waals surface area contributed by atoms with E-state index >= 15 is 0 Å². The van der Waals surface area contributed by atoms with Gasteiger partial charge < -0.3 is 4.57 Å². The molecular weight excluding hydrogens is 476 g/mol. The van der Waals surface area contributed by atoms with Crippen LogP contribution in [0.1, 0.15) is 30.1 Å². The molecule has 0 bridgehead atoms. The molecule has 1 aliphatic rings. The van der Waals surface area contributed by atoms with Crippen LogP contribution in [-0.2, 0) is 16.6 Å². The van der Waals surface area contributed by atoms with Crippen molar-refractivity contribution >= 4 is 43.2 Å². The maximum absolute atomic E-state index is 12.9. The molecule has 1 saturated heterocycles. The van der Waals surface area contributed by atoms with E-state index in [1.165, 1.54) is 40.7 Å². The number of amides is 1. The van der Waals surface area contributed by atoms with Crippen LogP contribution in [0.3, 0.4) is 0 Å². The van der Waals surface area contributed by atoms with E-state index in [9.17, 15) is 23.3 Å². The number of piperidine rings is 1. The Labute approximate surface area is 200 Å². The number of hydrogen-bond acceptors (Lipinski definition) is 6. The van der Waals surface area contributed by atoms with Crippen LogP contribution in [0.15, 0.2) is 52.4 Å². The number of non-ortho nitro benzene ring substituents is 1. The zero-order chi connectivity index (χ0) is 24.5. The number of thiazole rings is 1. The van der Waals surface area contributed by atoms with Gasteiger partial charge >= 0.3 is 0 Å². The highest BCUT2D eigenvalue weighted by Crippen LogP contribution is 2.25. The third kappa shape index (κ3) is 4.65. The van der Waals surface area contributed by atoms with Gasteiger partial charge in [0.05, 0.1) is 26.6 Å². The Kier molecular flexibility index (Phi) is 6.65. The number of nitro groups is 1. The number of aromatic nitrogens is 1. The highest BCUT2D eigenvalue weighted by Gasteiger charge is 2.28. The Hall–Kier alpha value is -3.33. The molecule has 1 aromatic heterocycles. The largest absolute Gasteiger partial charge is 0.305 e. The van der Waals surface area contributed by atoms with Crippen LogP contribution in [0.2, 0.25) is 0 Å². The molecule has 11 heteroatoms. The first kappa shape index (κ1) is 23.8. The number of benzene rings is 2. The molecule has 176 valence electrons. The first-order valence-electron chi connectivity index (χ1n) is 10.6. The zero-order valence-electron chi connectivity index (χ0n) is 18.4. The van der Waals surface area contributed by atoms with Crippen molar-refractivity contribution < 1.29 is 18.1 Å². The molecule has 1 amide bonds. The molecule has 0 N–H and O–H groups in total. The van der Waals surface area contributed by atoms with Crippen LogP contribution < -0.4 is 4.80 Å². The lowest BCUT2D eigenvalue weighted by atomic mass is 10.0. The van der Waals surface area contributed by atoms with E-state index in [0.29, 0.717) is 34.0 Å². The van der Waals surface area contributed by atoms with Gasteiger partial charge in [0.2, 0.25) is 10.0 Å². The van der Waals surface area contributed by atoms with Gasteiger partial charge in [0.1, 0.15) is 0 Å². The predicted molar refractivity (Wildman–Crippen MR) is 129 cm³/mol. The summed E-state index contributed by atoms with van der Waals surface area (Å²) >= 11 is 1.12. The van der Waals surface area contributed by atoms with E-state index in [1.54, 1.807) is 10.6 Å². The monoisotopic (exact) mass is 498 g/mol. The highest BCUT2D eigenvalue weighted by atomic mass is 32.2. The number of carbonyl (C=O) groups excluding carboxylic acids is 1. The molecule has 4 rings (SSSR count). The fourth-order valence-electron chi connectivity index (χ4n) is 3.80. The van der Waals surface area contributed by atoms with Crippen molar-refractivity contribution in [3.63, 3.8) is 0 Å². The summed E-state index contributed by atoms with van der Waals surface area (Å²) in [4.78, 5) is 28.0. The summed E-state index contributed by atoms with van der Waals surface area (Å²) in [5, 5.41) is 11.1. The Morgan fingerprint density at radius 1 is 1.24 bits per heavy atom. The number of rotatable bonds is 5. The molecule has 0 atom stereocenters. The summed E-state index contributed by atoms with van der Waals surface area (Å²) in [6.07, 6.45) is 7.11. The third-order valence-corrected chi connectivity index (χ3v) is 8.76. The number of nitrogens with zero attached hydrogens (tertiary/aromatic N) is 4. The minimum atomic E-state index is -3.62. The minimum absolute atomic E-state index is 0.0700. The predicted octanol–water partition coefficient (Wildman–Crippen LogP) is 3.41. The van der Waals surface area contributed by atoms with Crippen LogP contribution in [0.4, 0.5) is 5.69 Å². The fraction of sp³-hybridized carbons (Fsp3) is 0.304. The molecule has 1 fully saturated rings. The second-order valence-corrected chi connectivity index (χ2v) is 11.1. The van der Waals surface area contributed by atoms with Crippen LogP contribution in [0.5, 0.6) is 0 Å². The number of hydrogen-bond donors (Lipinski definition) is 0. The first-order valence-corrected chi connectivity index (χ1v) is 12.9. The van der Waals surface area contributed by atoms with Crippen molar-refractivity contribution in [1.29, 1.82) is 0 Å². The number of terminal acetylenes is 1. The minimum Gasteiger partial charge on any atom is -0.305 e. The number of nitro benzene ring substituents is 1. The third-order valence-electron chi connectivity index (χ3n) is 5.81. The molecule has 2 heterocycles. The molecule has 0 spiro atoms. The average molecular weight is 499 g/mol. The number of sulfonamides is 1.